The van der Waals surface area contributed by atoms with Crippen molar-refractivity contribution in [3.8, 4) is 0 Å². The third kappa shape index (κ3) is 5.46. The highest BCUT2D eigenvalue weighted by Gasteiger charge is 2.06. The fourth-order valence-corrected chi connectivity index (χ4v) is 0.605. The second kappa shape index (κ2) is 5.35. The number of carboxylic acids is 1. The molecule has 0 saturated heterocycles. The van der Waals surface area contributed by atoms with Crippen LogP contribution in [-0.4, -0.2) is 23.0 Å². The van der Waals surface area contributed by atoms with Gasteiger partial charge in [-0.3, -0.25) is 9.59 Å². The maximum Gasteiger partial charge on any atom is 0.303 e. The highest BCUT2D eigenvalue weighted by atomic mass is 16.4. The number of carboxylic acid groups (broad SMARTS) is 1. The minimum atomic E-state index is -0.962. The molecule has 0 aromatic heterocycles. The van der Waals surface area contributed by atoms with Crippen molar-refractivity contribution < 1.29 is 14.7 Å². The summed E-state index contributed by atoms with van der Waals surface area (Å²) in [5, 5.41) is 10.8. The summed E-state index contributed by atoms with van der Waals surface area (Å²) in [6, 6.07) is -0.105. The molecule has 0 saturated carbocycles. The molecular formula is C8H13NO3. The third-order valence-corrected chi connectivity index (χ3v) is 1.31. The number of amides is 1. The van der Waals surface area contributed by atoms with E-state index in [0.717, 1.165) is 0 Å². The highest BCUT2D eigenvalue weighted by molar-refractivity contribution is 5.80. The maximum absolute atomic E-state index is 10.9. The molecule has 0 spiro atoms. The summed E-state index contributed by atoms with van der Waals surface area (Å²) in [6.07, 6.45) is 1.47. The second-order valence-corrected chi connectivity index (χ2v) is 2.49. The van der Waals surface area contributed by atoms with Gasteiger partial charge in [-0.25, -0.2) is 0 Å². The molecule has 0 aromatic rings. The molecule has 0 bridgehead atoms. The quantitative estimate of drug-likeness (QED) is 0.593. The van der Waals surface area contributed by atoms with Crippen LogP contribution >= 0.6 is 0 Å². The zero-order chi connectivity index (χ0) is 9.56. The van der Waals surface area contributed by atoms with Crippen LogP contribution < -0.4 is 5.32 Å². The molecule has 68 valence electrons. The van der Waals surface area contributed by atoms with Crippen LogP contribution in [0.25, 0.3) is 0 Å². The molecule has 0 aliphatic carbocycles. The molecule has 0 rings (SSSR count). The van der Waals surface area contributed by atoms with E-state index < -0.39 is 5.97 Å². The Morgan fingerprint density at radius 2 is 2.17 bits per heavy atom. The second-order valence-electron chi connectivity index (χ2n) is 2.49. The normalized spacial score (nSPS) is 11.8. The van der Waals surface area contributed by atoms with Crippen LogP contribution in [-0.2, 0) is 9.59 Å². The van der Waals surface area contributed by atoms with E-state index in [4.69, 9.17) is 5.11 Å². The van der Waals surface area contributed by atoms with Gasteiger partial charge in [0, 0.05) is 12.5 Å². The van der Waals surface area contributed by atoms with Gasteiger partial charge in [-0.05, 0) is 6.92 Å². The van der Waals surface area contributed by atoms with Crippen molar-refractivity contribution in [1.82, 2.24) is 5.32 Å². The fourth-order valence-electron chi connectivity index (χ4n) is 0.605. The molecule has 1 atom stereocenters. The van der Waals surface area contributed by atoms with E-state index in [0.29, 0.717) is 0 Å². The summed E-state index contributed by atoms with van der Waals surface area (Å²) in [6.45, 7) is 5.25. The first-order valence-electron chi connectivity index (χ1n) is 3.70. The van der Waals surface area contributed by atoms with Crippen LogP contribution in [0.1, 0.15) is 19.8 Å². The molecule has 0 aromatic carbocycles. The van der Waals surface area contributed by atoms with Gasteiger partial charge in [-0.2, -0.15) is 0 Å². The predicted molar refractivity (Wildman–Crippen MR) is 44.7 cm³/mol. The summed E-state index contributed by atoms with van der Waals surface area (Å²) < 4.78 is 0. The van der Waals surface area contributed by atoms with Gasteiger partial charge in [0.1, 0.15) is 0 Å². The van der Waals surface area contributed by atoms with Crippen LogP contribution in [0.3, 0.4) is 0 Å². The summed E-state index contributed by atoms with van der Waals surface area (Å²) in [7, 11) is 0. The third-order valence-electron chi connectivity index (χ3n) is 1.31. The molecule has 4 heteroatoms. The molecular weight excluding hydrogens is 158 g/mol. The summed E-state index contributed by atoms with van der Waals surface area (Å²) in [5.41, 5.74) is 0. The van der Waals surface area contributed by atoms with E-state index in [2.05, 4.69) is 11.9 Å². The molecule has 0 fully saturated rings. The van der Waals surface area contributed by atoms with Crippen molar-refractivity contribution >= 4 is 11.9 Å². The number of nitrogens with one attached hydrogen (secondary N) is 1. The van der Waals surface area contributed by atoms with Crippen LogP contribution in [0.2, 0.25) is 0 Å². The summed E-state index contributed by atoms with van der Waals surface area (Å²) >= 11 is 0. The van der Waals surface area contributed by atoms with E-state index in [1.165, 1.54) is 0 Å². The van der Waals surface area contributed by atoms with Crippen LogP contribution in [0, 0.1) is 0 Å². The van der Waals surface area contributed by atoms with Crippen molar-refractivity contribution in [1.29, 1.82) is 0 Å². The Bertz CT molecular complexity index is 189. The van der Waals surface area contributed by atoms with Gasteiger partial charge in [0.05, 0.1) is 6.42 Å². The van der Waals surface area contributed by atoms with Crippen molar-refractivity contribution in [3.63, 3.8) is 0 Å². The van der Waals surface area contributed by atoms with Gasteiger partial charge < -0.3 is 10.4 Å². The Labute approximate surface area is 71.3 Å². The molecule has 1 unspecified atom stereocenters. The molecule has 0 aliphatic rings. The molecule has 0 aliphatic heterocycles. The molecule has 12 heavy (non-hydrogen) atoms. The standard InChI is InChI=1S/C8H13NO3/c1-3-6(2)9-7(10)4-5-8(11)12/h3,6H,1,4-5H2,2H3,(H,9,10)(H,11,12). The number of hydrogen-bond acceptors (Lipinski definition) is 2. The molecule has 2 N–H and O–H groups in total. The maximum atomic E-state index is 10.9. The number of carbonyl (C=O) groups is 2. The van der Waals surface area contributed by atoms with Crippen molar-refractivity contribution in [2.75, 3.05) is 0 Å². The van der Waals surface area contributed by atoms with E-state index >= 15 is 0 Å². The van der Waals surface area contributed by atoms with Crippen LogP contribution in [0.4, 0.5) is 0 Å². The minimum absolute atomic E-state index is 0.0213. The number of carbonyl (C=O) groups excluding carboxylic acids is 1. The molecule has 0 radical (unpaired) electrons. The summed E-state index contributed by atoms with van der Waals surface area (Å²) in [5.74, 6) is -1.22. The zero-order valence-electron chi connectivity index (χ0n) is 7.04. The smallest absolute Gasteiger partial charge is 0.303 e. The lowest BCUT2D eigenvalue weighted by Crippen LogP contribution is -2.30. The van der Waals surface area contributed by atoms with Gasteiger partial charge in [0.2, 0.25) is 5.91 Å². The van der Waals surface area contributed by atoms with E-state index in [-0.39, 0.29) is 24.8 Å². The first-order chi connectivity index (χ1) is 5.56. The van der Waals surface area contributed by atoms with Gasteiger partial charge in [0.25, 0.3) is 0 Å². The Hall–Kier alpha value is -1.32. The molecule has 0 heterocycles. The zero-order valence-corrected chi connectivity index (χ0v) is 7.04. The van der Waals surface area contributed by atoms with Gasteiger partial charge in [0.15, 0.2) is 0 Å². The monoisotopic (exact) mass is 171 g/mol. The molecule has 1 amide bonds. The topological polar surface area (TPSA) is 66.4 Å². The Balaban J connectivity index is 3.59. The lowest BCUT2D eigenvalue weighted by Gasteiger charge is -2.07. The van der Waals surface area contributed by atoms with Crippen LogP contribution in [0.5, 0.6) is 0 Å². The predicted octanol–water partition coefficient (Wildman–Crippen LogP) is 0.542. The largest absolute Gasteiger partial charge is 0.481 e. The SMILES string of the molecule is C=CC(C)NC(=O)CCC(=O)O. The average Bonchev–Trinajstić information content (AvgIpc) is 2.00. The van der Waals surface area contributed by atoms with Crippen molar-refractivity contribution in [3.05, 3.63) is 12.7 Å². The Morgan fingerprint density at radius 1 is 1.58 bits per heavy atom. The number of aliphatic carboxylic acids is 1. The van der Waals surface area contributed by atoms with Gasteiger partial charge >= 0.3 is 5.97 Å². The van der Waals surface area contributed by atoms with Crippen LogP contribution in [0.15, 0.2) is 12.7 Å². The fraction of sp³-hybridized carbons (Fsp3) is 0.500. The lowest BCUT2D eigenvalue weighted by molar-refractivity contribution is -0.138. The van der Waals surface area contributed by atoms with E-state index in [1.807, 2.05) is 0 Å². The summed E-state index contributed by atoms with van der Waals surface area (Å²) in [4.78, 5) is 21.0. The minimum Gasteiger partial charge on any atom is -0.481 e. The number of rotatable bonds is 5. The average molecular weight is 171 g/mol. The lowest BCUT2D eigenvalue weighted by atomic mass is 10.2. The van der Waals surface area contributed by atoms with E-state index in [9.17, 15) is 9.59 Å². The van der Waals surface area contributed by atoms with E-state index in [1.54, 1.807) is 13.0 Å². The number of hydrogen-bond donors (Lipinski definition) is 2. The Kier molecular flexibility index (Phi) is 4.76. The first kappa shape index (κ1) is 10.7. The Morgan fingerprint density at radius 3 is 2.58 bits per heavy atom. The van der Waals surface area contributed by atoms with Crippen molar-refractivity contribution in [2.24, 2.45) is 0 Å². The van der Waals surface area contributed by atoms with Crippen molar-refractivity contribution in [2.45, 2.75) is 25.8 Å². The first-order valence-corrected chi connectivity index (χ1v) is 3.70. The molecule has 4 nitrogen and oxygen atoms in total. The van der Waals surface area contributed by atoms with Gasteiger partial charge in [-0.15, -0.1) is 6.58 Å². The van der Waals surface area contributed by atoms with Gasteiger partial charge in [-0.1, -0.05) is 6.08 Å². The highest BCUT2D eigenvalue weighted by Crippen LogP contribution is 1.90.